The molecule has 1 N–H and O–H groups in total. The van der Waals surface area contributed by atoms with E-state index in [4.69, 9.17) is 11.6 Å². The van der Waals surface area contributed by atoms with Crippen molar-refractivity contribution in [3.63, 3.8) is 0 Å². The molecule has 0 atom stereocenters. The van der Waals surface area contributed by atoms with Gasteiger partial charge in [-0.2, -0.15) is 5.10 Å². The summed E-state index contributed by atoms with van der Waals surface area (Å²) in [6.45, 7) is 5.25. The van der Waals surface area contributed by atoms with Gasteiger partial charge in [0.25, 0.3) is 5.91 Å². The van der Waals surface area contributed by atoms with Crippen molar-refractivity contribution in [3.8, 4) is 5.69 Å². The molecule has 0 spiro atoms. The fraction of sp³-hybridized carbons (Fsp3) is 0.292. The van der Waals surface area contributed by atoms with E-state index in [-0.39, 0.29) is 17.7 Å². The topological polar surface area (TPSA) is 67.2 Å². The Labute approximate surface area is 186 Å². The lowest BCUT2D eigenvalue weighted by molar-refractivity contribution is -0.117. The van der Waals surface area contributed by atoms with E-state index in [1.165, 1.54) is 0 Å². The number of nitrogens with zero attached hydrogens (tertiary/aromatic N) is 3. The number of aromatic nitrogens is 2. The molecule has 1 saturated heterocycles. The zero-order chi connectivity index (χ0) is 22.0. The van der Waals surface area contributed by atoms with Crippen LogP contribution in [0.3, 0.4) is 0 Å². The van der Waals surface area contributed by atoms with Crippen molar-refractivity contribution in [1.82, 2.24) is 15.1 Å². The Bertz CT molecular complexity index is 1090. The van der Waals surface area contributed by atoms with Crippen LogP contribution in [0.5, 0.6) is 0 Å². The molecule has 6 nitrogen and oxygen atoms in total. The fourth-order valence-electron chi connectivity index (χ4n) is 3.87. The second kappa shape index (κ2) is 8.94. The Kier molecular flexibility index (Phi) is 6.09. The van der Waals surface area contributed by atoms with E-state index in [9.17, 15) is 9.59 Å². The molecule has 31 heavy (non-hydrogen) atoms. The third-order valence-corrected chi connectivity index (χ3v) is 5.70. The highest BCUT2D eigenvalue weighted by molar-refractivity contribution is 6.30. The first-order valence-electron chi connectivity index (χ1n) is 10.5. The summed E-state index contributed by atoms with van der Waals surface area (Å²) < 4.78 is 1.79. The van der Waals surface area contributed by atoms with Gasteiger partial charge in [0.2, 0.25) is 5.91 Å². The van der Waals surface area contributed by atoms with Gasteiger partial charge in [0.05, 0.1) is 23.1 Å². The number of anilines is 1. The lowest BCUT2D eigenvalue weighted by Crippen LogP contribution is -2.25. The van der Waals surface area contributed by atoms with Crippen molar-refractivity contribution in [2.45, 2.75) is 39.2 Å². The molecule has 160 valence electrons. The molecule has 1 fully saturated rings. The number of benzene rings is 2. The number of carbonyl (C=O) groups is 2. The first-order valence-corrected chi connectivity index (χ1v) is 10.8. The van der Waals surface area contributed by atoms with Crippen molar-refractivity contribution >= 4 is 29.1 Å². The van der Waals surface area contributed by atoms with Crippen LogP contribution in [0, 0.1) is 0 Å². The molecule has 1 aliphatic heterocycles. The molecule has 0 aliphatic carbocycles. The van der Waals surface area contributed by atoms with Crippen LogP contribution >= 0.6 is 11.6 Å². The number of hydrogen-bond acceptors (Lipinski definition) is 3. The number of carbonyl (C=O) groups excluding carboxylic acids is 2. The fourth-order valence-corrected chi connectivity index (χ4v) is 3.99. The van der Waals surface area contributed by atoms with E-state index in [1.54, 1.807) is 10.9 Å². The molecular weight excluding hydrogens is 412 g/mol. The van der Waals surface area contributed by atoms with Crippen molar-refractivity contribution in [2.75, 3.05) is 11.4 Å². The van der Waals surface area contributed by atoms with E-state index in [1.807, 2.05) is 67.3 Å². The second-order valence-corrected chi connectivity index (χ2v) is 8.42. The Morgan fingerprint density at radius 3 is 2.39 bits per heavy atom. The van der Waals surface area contributed by atoms with Gasteiger partial charge in [-0.25, -0.2) is 4.68 Å². The van der Waals surface area contributed by atoms with Crippen LogP contribution in [0.2, 0.25) is 5.02 Å². The average Bonchev–Trinajstić information content (AvgIpc) is 3.40. The summed E-state index contributed by atoms with van der Waals surface area (Å²) in [6, 6.07) is 15.1. The van der Waals surface area contributed by atoms with Crippen LogP contribution < -0.4 is 10.2 Å². The van der Waals surface area contributed by atoms with Crippen LogP contribution in [-0.4, -0.2) is 28.1 Å². The lowest BCUT2D eigenvalue weighted by atomic mass is 10.0. The normalized spacial score (nSPS) is 13.8. The third kappa shape index (κ3) is 4.49. The van der Waals surface area contributed by atoms with Crippen LogP contribution in [0.4, 0.5) is 5.69 Å². The van der Waals surface area contributed by atoms with E-state index in [0.29, 0.717) is 23.6 Å². The number of halogens is 1. The molecule has 0 radical (unpaired) electrons. The maximum Gasteiger partial charge on any atom is 0.255 e. The first kappa shape index (κ1) is 21.1. The summed E-state index contributed by atoms with van der Waals surface area (Å²) in [4.78, 5) is 26.6. The minimum atomic E-state index is -0.164. The maximum absolute atomic E-state index is 12.9. The quantitative estimate of drug-likeness (QED) is 0.608. The van der Waals surface area contributed by atoms with E-state index < -0.39 is 0 Å². The molecule has 4 rings (SSSR count). The van der Waals surface area contributed by atoms with Gasteiger partial charge in [-0.1, -0.05) is 37.6 Å². The minimum absolute atomic E-state index is 0.108. The van der Waals surface area contributed by atoms with Gasteiger partial charge in [-0.05, 0) is 54.3 Å². The van der Waals surface area contributed by atoms with Gasteiger partial charge in [0.15, 0.2) is 0 Å². The molecule has 3 aromatic rings. The first-order chi connectivity index (χ1) is 14.9. The molecular formula is C24H25ClN4O2. The molecule has 1 aliphatic rings. The van der Waals surface area contributed by atoms with Gasteiger partial charge in [0, 0.05) is 30.2 Å². The summed E-state index contributed by atoms with van der Waals surface area (Å²) in [5.74, 6) is 0.110. The summed E-state index contributed by atoms with van der Waals surface area (Å²) in [7, 11) is 0. The van der Waals surface area contributed by atoms with Gasteiger partial charge in [-0.3, -0.25) is 9.59 Å². The van der Waals surface area contributed by atoms with Crippen LogP contribution in [0.25, 0.3) is 5.69 Å². The van der Waals surface area contributed by atoms with Gasteiger partial charge in [-0.15, -0.1) is 0 Å². The SMILES string of the molecule is CC(C)c1c(C(=O)NCc2ccc(N3CCCC3=O)cc2)cnn1-c1ccc(Cl)cc1. The van der Waals surface area contributed by atoms with E-state index >= 15 is 0 Å². The molecule has 2 heterocycles. The largest absolute Gasteiger partial charge is 0.348 e. The van der Waals surface area contributed by atoms with Crippen molar-refractivity contribution in [2.24, 2.45) is 0 Å². The predicted octanol–water partition coefficient (Wildman–Crippen LogP) is 4.71. The highest BCUT2D eigenvalue weighted by atomic mass is 35.5. The number of hydrogen-bond donors (Lipinski definition) is 1. The maximum atomic E-state index is 12.9. The van der Waals surface area contributed by atoms with Crippen molar-refractivity contribution < 1.29 is 9.59 Å². The molecule has 7 heteroatoms. The Morgan fingerprint density at radius 2 is 1.77 bits per heavy atom. The lowest BCUT2D eigenvalue weighted by Gasteiger charge is -2.16. The highest BCUT2D eigenvalue weighted by Crippen LogP contribution is 2.25. The smallest absolute Gasteiger partial charge is 0.255 e. The zero-order valence-corrected chi connectivity index (χ0v) is 18.4. The summed E-state index contributed by atoms with van der Waals surface area (Å²) >= 11 is 6.00. The van der Waals surface area contributed by atoms with Gasteiger partial charge in [0.1, 0.15) is 0 Å². The van der Waals surface area contributed by atoms with Crippen LogP contribution in [0.15, 0.2) is 54.7 Å². The van der Waals surface area contributed by atoms with Crippen molar-refractivity contribution in [3.05, 3.63) is 76.6 Å². The Hall–Kier alpha value is -3.12. The predicted molar refractivity (Wildman–Crippen MR) is 122 cm³/mol. The number of nitrogens with one attached hydrogen (secondary N) is 1. The molecule has 0 bridgehead atoms. The summed E-state index contributed by atoms with van der Waals surface area (Å²) in [5.41, 5.74) is 4.15. The van der Waals surface area contributed by atoms with E-state index in [2.05, 4.69) is 10.4 Å². The second-order valence-electron chi connectivity index (χ2n) is 7.98. The third-order valence-electron chi connectivity index (χ3n) is 5.44. The van der Waals surface area contributed by atoms with Crippen molar-refractivity contribution in [1.29, 1.82) is 0 Å². The molecule has 2 aromatic carbocycles. The Balaban J connectivity index is 1.47. The molecule has 1 aromatic heterocycles. The van der Waals surface area contributed by atoms with Gasteiger partial charge >= 0.3 is 0 Å². The molecule has 2 amide bonds. The minimum Gasteiger partial charge on any atom is -0.348 e. The molecule has 0 saturated carbocycles. The zero-order valence-electron chi connectivity index (χ0n) is 17.6. The average molecular weight is 437 g/mol. The number of rotatable bonds is 6. The Morgan fingerprint density at radius 1 is 1.10 bits per heavy atom. The summed E-state index contributed by atoms with van der Waals surface area (Å²) in [6.07, 6.45) is 3.12. The van der Waals surface area contributed by atoms with Crippen LogP contribution in [0.1, 0.15) is 54.2 Å². The summed E-state index contributed by atoms with van der Waals surface area (Å²) in [5, 5.41) is 8.09. The monoisotopic (exact) mass is 436 g/mol. The highest BCUT2D eigenvalue weighted by Gasteiger charge is 2.22. The standard InChI is InChI=1S/C24H25ClN4O2/c1-16(2)23-21(15-27-29(23)20-11-7-18(25)8-12-20)24(31)26-14-17-5-9-19(10-6-17)28-13-3-4-22(28)30/h5-12,15-16H,3-4,13-14H2,1-2H3,(H,26,31). The molecule has 0 unspecified atom stereocenters. The van der Waals surface area contributed by atoms with Gasteiger partial charge < -0.3 is 10.2 Å². The number of amides is 2. The van der Waals surface area contributed by atoms with Crippen LogP contribution in [-0.2, 0) is 11.3 Å². The van der Waals surface area contributed by atoms with E-state index in [0.717, 1.165) is 35.6 Å².